The largest absolute Gasteiger partial charge is 0.336 e. The number of hydrogen-bond donors (Lipinski definition) is 0. The minimum absolute atomic E-state index is 0.147. The highest BCUT2D eigenvalue weighted by Crippen LogP contribution is 2.28. The van der Waals surface area contributed by atoms with Crippen LogP contribution in [0.4, 0.5) is 0 Å². The number of hydrogen-bond acceptors (Lipinski definition) is 3. The van der Waals surface area contributed by atoms with Gasteiger partial charge in [-0.05, 0) is 30.9 Å². The predicted molar refractivity (Wildman–Crippen MR) is 83.1 cm³/mol. The van der Waals surface area contributed by atoms with Crippen LogP contribution in [0.1, 0.15) is 43.0 Å². The number of piperazine rings is 1. The van der Waals surface area contributed by atoms with Gasteiger partial charge in [-0.2, -0.15) is 0 Å². The van der Waals surface area contributed by atoms with Crippen LogP contribution in [0.2, 0.25) is 0 Å². The van der Waals surface area contributed by atoms with Crippen molar-refractivity contribution in [2.75, 3.05) is 26.2 Å². The molecule has 3 rings (SSSR count). The summed E-state index contributed by atoms with van der Waals surface area (Å²) < 4.78 is 0. The molecule has 21 heavy (non-hydrogen) atoms. The first kappa shape index (κ1) is 14.5. The lowest BCUT2D eigenvalue weighted by atomic mass is 9.86. The molecule has 114 valence electrons. The number of pyridine rings is 1. The Morgan fingerprint density at radius 1 is 1.14 bits per heavy atom. The summed E-state index contributed by atoms with van der Waals surface area (Å²) in [5.74, 6) is 1.01. The molecule has 2 heterocycles. The normalized spacial score (nSPS) is 27.6. The van der Waals surface area contributed by atoms with E-state index >= 15 is 0 Å². The minimum Gasteiger partial charge on any atom is -0.336 e. The molecule has 1 aromatic rings. The summed E-state index contributed by atoms with van der Waals surface area (Å²) in [5.41, 5.74) is 0.754. The van der Waals surface area contributed by atoms with Crippen LogP contribution in [0.5, 0.6) is 0 Å². The van der Waals surface area contributed by atoms with Gasteiger partial charge >= 0.3 is 0 Å². The molecule has 4 nitrogen and oxygen atoms in total. The van der Waals surface area contributed by atoms with Crippen molar-refractivity contribution in [2.45, 2.75) is 38.6 Å². The fourth-order valence-corrected chi connectivity index (χ4v) is 3.70. The van der Waals surface area contributed by atoms with Crippen LogP contribution in [0, 0.1) is 5.92 Å². The summed E-state index contributed by atoms with van der Waals surface area (Å²) in [6.07, 6.45) is 8.79. The van der Waals surface area contributed by atoms with E-state index < -0.39 is 0 Å². The average Bonchev–Trinajstić information content (AvgIpc) is 2.55. The van der Waals surface area contributed by atoms with Gasteiger partial charge in [0.1, 0.15) is 0 Å². The second-order valence-electron chi connectivity index (χ2n) is 6.49. The fraction of sp³-hybridized carbons (Fsp3) is 0.647. The van der Waals surface area contributed by atoms with Crippen molar-refractivity contribution in [1.29, 1.82) is 0 Å². The molecule has 0 aromatic carbocycles. The third-order valence-electron chi connectivity index (χ3n) is 4.95. The van der Waals surface area contributed by atoms with E-state index in [0.29, 0.717) is 0 Å². The Hall–Kier alpha value is -1.42. The van der Waals surface area contributed by atoms with Gasteiger partial charge in [0, 0.05) is 50.2 Å². The summed E-state index contributed by atoms with van der Waals surface area (Å²) in [7, 11) is 0. The van der Waals surface area contributed by atoms with Crippen molar-refractivity contribution in [2.24, 2.45) is 5.92 Å². The van der Waals surface area contributed by atoms with E-state index in [9.17, 15) is 4.79 Å². The lowest BCUT2D eigenvalue weighted by molar-refractivity contribution is 0.0489. The maximum atomic E-state index is 12.4. The zero-order valence-electron chi connectivity index (χ0n) is 12.9. The first-order valence-electron chi connectivity index (χ1n) is 8.17. The zero-order valence-corrected chi connectivity index (χ0v) is 12.9. The van der Waals surface area contributed by atoms with Crippen molar-refractivity contribution in [3.8, 4) is 0 Å². The van der Waals surface area contributed by atoms with Gasteiger partial charge in [-0.1, -0.05) is 19.8 Å². The SMILES string of the molecule is C[C@H]1CCC[C@@H](N2CCN(C(=O)c3ccncc3)CC2)C1. The Kier molecular flexibility index (Phi) is 4.54. The molecule has 1 amide bonds. The molecule has 2 fully saturated rings. The lowest BCUT2D eigenvalue weighted by Crippen LogP contribution is -2.52. The second kappa shape index (κ2) is 6.56. The van der Waals surface area contributed by atoms with Crippen molar-refractivity contribution >= 4 is 5.91 Å². The molecule has 0 spiro atoms. The van der Waals surface area contributed by atoms with E-state index in [1.165, 1.54) is 25.7 Å². The van der Waals surface area contributed by atoms with Gasteiger partial charge in [-0.15, -0.1) is 0 Å². The van der Waals surface area contributed by atoms with Crippen LogP contribution in [0.3, 0.4) is 0 Å². The quantitative estimate of drug-likeness (QED) is 0.838. The van der Waals surface area contributed by atoms with Gasteiger partial charge in [0.15, 0.2) is 0 Å². The smallest absolute Gasteiger partial charge is 0.254 e. The number of carbonyl (C=O) groups is 1. The Morgan fingerprint density at radius 2 is 1.86 bits per heavy atom. The van der Waals surface area contributed by atoms with Crippen molar-refractivity contribution in [1.82, 2.24) is 14.8 Å². The van der Waals surface area contributed by atoms with E-state index in [-0.39, 0.29) is 5.91 Å². The predicted octanol–water partition coefficient (Wildman–Crippen LogP) is 2.42. The fourth-order valence-electron chi connectivity index (χ4n) is 3.70. The number of carbonyl (C=O) groups excluding carboxylic acids is 1. The summed E-state index contributed by atoms with van der Waals surface area (Å²) in [5, 5.41) is 0. The highest BCUT2D eigenvalue weighted by atomic mass is 16.2. The average molecular weight is 287 g/mol. The van der Waals surface area contributed by atoms with Crippen LogP contribution in [-0.2, 0) is 0 Å². The zero-order chi connectivity index (χ0) is 14.7. The number of aromatic nitrogens is 1. The van der Waals surface area contributed by atoms with Gasteiger partial charge in [0.05, 0.1) is 0 Å². The topological polar surface area (TPSA) is 36.4 Å². The summed E-state index contributed by atoms with van der Waals surface area (Å²) in [6, 6.07) is 4.35. The summed E-state index contributed by atoms with van der Waals surface area (Å²) in [4.78, 5) is 21.0. The first-order chi connectivity index (χ1) is 10.2. The Morgan fingerprint density at radius 3 is 2.52 bits per heavy atom. The van der Waals surface area contributed by atoms with Gasteiger partial charge in [0.2, 0.25) is 0 Å². The number of nitrogens with zero attached hydrogens (tertiary/aromatic N) is 3. The van der Waals surface area contributed by atoms with Crippen molar-refractivity contribution in [3.63, 3.8) is 0 Å². The van der Waals surface area contributed by atoms with Crippen molar-refractivity contribution in [3.05, 3.63) is 30.1 Å². The van der Waals surface area contributed by atoms with Crippen LogP contribution in [0.25, 0.3) is 0 Å². The molecule has 1 aromatic heterocycles. The second-order valence-corrected chi connectivity index (χ2v) is 6.49. The maximum absolute atomic E-state index is 12.4. The molecule has 1 aliphatic carbocycles. The van der Waals surface area contributed by atoms with Crippen LogP contribution < -0.4 is 0 Å². The van der Waals surface area contributed by atoms with Crippen LogP contribution >= 0.6 is 0 Å². The Balaban J connectivity index is 1.54. The highest BCUT2D eigenvalue weighted by Gasteiger charge is 2.29. The van der Waals surface area contributed by atoms with Gasteiger partial charge in [-0.3, -0.25) is 14.7 Å². The van der Waals surface area contributed by atoms with Gasteiger partial charge < -0.3 is 4.90 Å². The maximum Gasteiger partial charge on any atom is 0.254 e. The highest BCUT2D eigenvalue weighted by molar-refractivity contribution is 5.94. The Bertz CT molecular complexity index is 468. The third kappa shape index (κ3) is 3.43. The van der Waals surface area contributed by atoms with E-state index in [1.807, 2.05) is 4.90 Å². The standard InChI is InChI=1S/C17H25N3O/c1-14-3-2-4-16(13-14)19-9-11-20(12-10-19)17(21)15-5-7-18-8-6-15/h5-8,14,16H,2-4,9-13H2,1H3/t14-,16+/m0/s1. The third-order valence-corrected chi connectivity index (χ3v) is 4.95. The van der Waals surface area contributed by atoms with Crippen molar-refractivity contribution < 1.29 is 4.79 Å². The minimum atomic E-state index is 0.147. The molecule has 0 bridgehead atoms. The molecule has 2 aliphatic rings. The number of amides is 1. The lowest BCUT2D eigenvalue weighted by Gasteiger charge is -2.42. The van der Waals surface area contributed by atoms with E-state index in [4.69, 9.17) is 0 Å². The molecule has 0 N–H and O–H groups in total. The molecule has 0 radical (unpaired) electrons. The van der Waals surface area contributed by atoms with Gasteiger partial charge in [-0.25, -0.2) is 0 Å². The van der Waals surface area contributed by atoms with Crippen LogP contribution in [-0.4, -0.2) is 52.9 Å². The monoisotopic (exact) mass is 287 g/mol. The van der Waals surface area contributed by atoms with E-state index in [0.717, 1.165) is 43.7 Å². The summed E-state index contributed by atoms with van der Waals surface area (Å²) >= 11 is 0. The van der Waals surface area contributed by atoms with E-state index in [1.54, 1.807) is 24.5 Å². The Labute approximate surface area is 127 Å². The molecule has 1 saturated carbocycles. The molecule has 1 aliphatic heterocycles. The van der Waals surface area contributed by atoms with E-state index in [2.05, 4.69) is 16.8 Å². The molecular formula is C17H25N3O. The molecule has 0 unspecified atom stereocenters. The molecular weight excluding hydrogens is 262 g/mol. The molecule has 2 atom stereocenters. The first-order valence-corrected chi connectivity index (χ1v) is 8.17. The van der Waals surface area contributed by atoms with Gasteiger partial charge in [0.25, 0.3) is 5.91 Å². The summed E-state index contributed by atoms with van der Waals surface area (Å²) in [6.45, 7) is 6.12. The molecule has 4 heteroatoms. The molecule has 1 saturated heterocycles. The number of rotatable bonds is 2. The van der Waals surface area contributed by atoms with Crippen LogP contribution in [0.15, 0.2) is 24.5 Å².